The lowest BCUT2D eigenvalue weighted by Crippen LogP contribution is -2.30. The fourth-order valence-corrected chi connectivity index (χ4v) is 2.05. The van der Waals surface area contributed by atoms with Gasteiger partial charge in [-0.1, -0.05) is 30.3 Å². The van der Waals surface area contributed by atoms with E-state index in [0.29, 0.717) is 6.04 Å². The zero-order valence-electron chi connectivity index (χ0n) is 11.0. The fraction of sp³-hybridized carbons (Fsp3) is 0.250. The third-order valence-corrected chi connectivity index (χ3v) is 3.34. The molecule has 2 rings (SSSR count). The molecule has 0 bridgehead atoms. The molecule has 0 saturated carbocycles. The van der Waals surface area contributed by atoms with Crippen LogP contribution >= 0.6 is 0 Å². The molecule has 18 heavy (non-hydrogen) atoms. The number of hydrogen-bond donors (Lipinski definition) is 1. The monoisotopic (exact) mass is 240 g/mol. The summed E-state index contributed by atoms with van der Waals surface area (Å²) in [5, 5.41) is 0. The molecule has 1 atom stereocenters. The Morgan fingerprint density at radius 3 is 2.22 bits per heavy atom. The highest BCUT2D eigenvalue weighted by Crippen LogP contribution is 2.17. The number of nitrogen functional groups attached to an aromatic ring is 1. The van der Waals surface area contributed by atoms with Crippen LogP contribution in [0.1, 0.15) is 12.5 Å². The van der Waals surface area contributed by atoms with Crippen LogP contribution in [0.4, 0.5) is 11.4 Å². The summed E-state index contributed by atoms with van der Waals surface area (Å²) in [5.41, 5.74) is 9.09. The maximum atomic E-state index is 5.70. The lowest BCUT2D eigenvalue weighted by molar-refractivity contribution is 0.682. The molecule has 0 aliphatic heterocycles. The number of anilines is 2. The van der Waals surface area contributed by atoms with Crippen molar-refractivity contribution < 1.29 is 0 Å². The molecule has 2 nitrogen and oxygen atoms in total. The van der Waals surface area contributed by atoms with E-state index >= 15 is 0 Å². The van der Waals surface area contributed by atoms with Crippen molar-refractivity contribution in [2.24, 2.45) is 0 Å². The van der Waals surface area contributed by atoms with Crippen LogP contribution in [0.25, 0.3) is 0 Å². The molecule has 0 saturated heterocycles. The molecule has 2 aromatic rings. The highest BCUT2D eigenvalue weighted by Gasteiger charge is 2.10. The second-order valence-corrected chi connectivity index (χ2v) is 4.74. The number of nitrogens with zero attached hydrogens (tertiary/aromatic N) is 1. The fourth-order valence-electron chi connectivity index (χ4n) is 2.05. The summed E-state index contributed by atoms with van der Waals surface area (Å²) in [7, 11) is 2.14. The standard InChI is InChI=1S/C16H20N2/c1-13(12-14-8-10-15(17)11-9-14)18(2)16-6-4-3-5-7-16/h3-11,13H,12,17H2,1-2H3. The van der Waals surface area contributed by atoms with E-state index in [9.17, 15) is 0 Å². The van der Waals surface area contributed by atoms with Gasteiger partial charge in [0.05, 0.1) is 0 Å². The van der Waals surface area contributed by atoms with Crippen LogP contribution in [-0.2, 0) is 6.42 Å². The van der Waals surface area contributed by atoms with Gasteiger partial charge in [0.25, 0.3) is 0 Å². The summed E-state index contributed by atoms with van der Waals surface area (Å²) in [6.45, 7) is 2.24. The van der Waals surface area contributed by atoms with Crippen LogP contribution in [0.15, 0.2) is 54.6 Å². The zero-order valence-corrected chi connectivity index (χ0v) is 11.0. The van der Waals surface area contributed by atoms with Gasteiger partial charge in [0.2, 0.25) is 0 Å². The summed E-state index contributed by atoms with van der Waals surface area (Å²) in [5.74, 6) is 0. The van der Waals surface area contributed by atoms with Gasteiger partial charge in [0.15, 0.2) is 0 Å². The van der Waals surface area contributed by atoms with Gasteiger partial charge in [-0.2, -0.15) is 0 Å². The quantitative estimate of drug-likeness (QED) is 0.830. The van der Waals surface area contributed by atoms with Crippen molar-refractivity contribution in [1.82, 2.24) is 0 Å². The van der Waals surface area contributed by atoms with Gasteiger partial charge in [-0.05, 0) is 43.2 Å². The molecule has 0 aromatic heterocycles. The van der Waals surface area contributed by atoms with Crippen molar-refractivity contribution in [3.8, 4) is 0 Å². The van der Waals surface area contributed by atoms with Gasteiger partial charge in [0, 0.05) is 24.5 Å². The molecule has 0 radical (unpaired) electrons. The average Bonchev–Trinajstić information content (AvgIpc) is 2.41. The number of hydrogen-bond acceptors (Lipinski definition) is 2. The zero-order chi connectivity index (χ0) is 13.0. The minimum atomic E-state index is 0.455. The topological polar surface area (TPSA) is 29.3 Å². The first-order chi connectivity index (χ1) is 8.66. The molecule has 2 aromatic carbocycles. The molecule has 0 spiro atoms. The van der Waals surface area contributed by atoms with Crippen molar-refractivity contribution in [2.75, 3.05) is 17.7 Å². The summed E-state index contributed by atoms with van der Waals surface area (Å²) >= 11 is 0. The van der Waals surface area contributed by atoms with Crippen LogP contribution in [-0.4, -0.2) is 13.1 Å². The van der Waals surface area contributed by atoms with Gasteiger partial charge in [-0.3, -0.25) is 0 Å². The Hall–Kier alpha value is -1.96. The van der Waals surface area contributed by atoms with Gasteiger partial charge in [0.1, 0.15) is 0 Å². The first kappa shape index (κ1) is 12.5. The molecule has 0 amide bonds. The number of rotatable bonds is 4. The van der Waals surface area contributed by atoms with Gasteiger partial charge in [-0.15, -0.1) is 0 Å². The Kier molecular flexibility index (Phi) is 3.88. The lowest BCUT2D eigenvalue weighted by atomic mass is 10.1. The van der Waals surface area contributed by atoms with E-state index in [0.717, 1.165) is 12.1 Å². The molecule has 2 heteroatoms. The molecule has 2 N–H and O–H groups in total. The average molecular weight is 240 g/mol. The molecular formula is C16H20N2. The minimum Gasteiger partial charge on any atom is -0.399 e. The van der Waals surface area contributed by atoms with Crippen molar-refractivity contribution in [3.05, 3.63) is 60.2 Å². The van der Waals surface area contributed by atoms with Crippen LogP contribution < -0.4 is 10.6 Å². The summed E-state index contributed by atoms with van der Waals surface area (Å²) in [6.07, 6.45) is 1.02. The van der Waals surface area contributed by atoms with E-state index in [-0.39, 0.29) is 0 Å². The van der Waals surface area contributed by atoms with Crippen molar-refractivity contribution >= 4 is 11.4 Å². The molecule has 1 unspecified atom stereocenters. The number of nitrogens with two attached hydrogens (primary N) is 1. The maximum absolute atomic E-state index is 5.70. The van der Waals surface area contributed by atoms with Crippen LogP contribution in [0.3, 0.4) is 0 Å². The smallest absolute Gasteiger partial charge is 0.0366 e. The normalized spacial score (nSPS) is 12.1. The van der Waals surface area contributed by atoms with Crippen LogP contribution in [0.2, 0.25) is 0 Å². The molecule has 0 aliphatic carbocycles. The molecule has 0 heterocycles. The van der Waals surface area contributed by atoms with E-state index in [2.05, 4.69) is 55.3 Å². The van der Waals surface area contributed by atoms with E-state index in [1.54, 1.807) is 0 Å². The second kappa shape index (κ2) is 5.58. The SMILES string of the molecule is CC(Cc1ccc(N)cc1)N(C)c1ccccc1. The Morgan fingerprint density at radius 1 is 1.00 bits per heavy atom. The van der Waals surface area contributed by atoms with Gasteiger partial charge >= 0.3 is 0 Å². The molecular weight excluding hydrogens is 220 g/mol. The van der Waals surface area contributed by atoms with Crippen molar-refractivity contribution in [3.63, 3.8) is 0 Å². The highest BCUT2D eigenvalue weighted by molar-refractivity contribution is 5.46. The Bertz CT molecular complexity index is 476. The van der Waals surface area contributed by atoms with E-state index < -0.39 is 0 Å². The van der Waals surface area contributed by atoms with Crippen LogP contribution in [0, 0.1) is 0 Å². The molecule has 0 fully saturated rings. The third kappa shape index (κ3) is 3.04. The van der Waals surface area contributed by atoms with Gasteiger partial charge in [-0.25, -0.2) is 0 Å². The van der Waals surface area contributed by atoms with Crippen molar-refractivity contribution in [2.45, 2.75) is 19.4 Å². The Labute approximate surface area is 109 Å². The molecule has 0 aliphatic rings. The first-order valence-corrected chi connectivity index (χ1v) is 6.29. The predicted octanol–water partition coefficient (Wildman–Crippen LogP) is 3.34. The number of para-hydroxylation sites is 1. The van der Waals surface area contributed by atoms with E-state index in [1.807, 2.05) is 18.2 Å². The molecule has 94 valence electrons. The van der Waals surface area contributed by atoms with Crippen LogP contribution in [0.5, 0.6) is 0 Å². The third-order valence-electron chi connectivity index (χ3n) is 3.34. The summed E-state index contributed by atoms with van der Waals surface area (Å²) in [4.78, 5) is 2.30. The largest absolute Gasteiger partial charge is 0.399 e. The summed E-state index contributed by atoms with van der Waals surface area (Å²) in [6, 6.07) is 19.0. The number of benzene rings is 2. The van der Waals surface area contributed by atoms with Gasteiger partial charge < -0.3 is 10.6 Å². The number of likely N-dealkylation sites (N-methyl/N-ethyl adjacent to an activating group) is 1. The minimum absolute atomic E-state index is 0.455. The van der Waals surface area contributed by atoms with E-state index in [1.165, 1.54) is 11.3 Å². The van der Waals surface area contributed by atoms with E-state index in [4.69, 9.17) is 5.73 Å². The second-order valence-electron chi connectivity index (χ2n) is 4.74. The predicted molar refractivity (Wildman–Crippen MR) is 78.9 cm³/mol. The Morgan fingerprint density at radius 2 is 1.61 bits per heavy atom. The lowest BCUT2D eigenvalue weighted by Gasteiger charge is -2.27. The summed E-state index contributed by atoms with van der Waals surface area (Å²) < 4.78 is 0. The maximum Gasteiger partial charge on any atom is 0.0366 e. The first-order valence-electron chi connectivity index (χ1n) is 6.29. The van der Waals surface area contributed by atoms with Crippen molar-refractivity contribution in [1.29, 1.82) is 0 Å². The highest BCUT2D eigenvalue weighted by atomic mass is 15.1. The Balaban J connectivity index is 2.03.